The quantitative estimate of drug-likeness (QED) is 0.579. The molecule has 0 bridgehead atoms. The van der Waals surface area contributed by atoms with Crippen LogP contribution in [0.5, 0.6) is 0 Å². The fourth-order valence-electron chi connectivity index (χ4n) is 4.72. The summed E-state index contributed by atoms with van der Waals surface area (Å²) in [6.45, 7) is 2.36. The van der Waals surface area contributed by atoms with E-state index in [0.717, 1.165) is 42.0 Å². The summed E-state index contributed by atoms with van der Waals surface area (Å²) in [5, 5.41) is 11.9. The predicted molar refractivity (Wildman–Crippen MR) is 127 cm³/mol. The third kappa shape index (κ3) is 4.07. The highest BCUT2D eigenvalue weighted by molar-refractivity contribution is 6.30. The lowest BCUT2D eigenvalue weighted by molar-refractivity contribution is -0.0310. The van der Waals surface area contributed by atoms with Gasteiger partial charge in [-0.05, 0) is 47.7 Å². The van der Waals surface area contributed by atoms with Crippen molar-refractivity contribution in [2.75, 3.05) is 19.6 Å². The van der Waals surface area contributed by atoms with Gasteiger partial charge in [0.15, 0.2) is 5.60 Å². The second-order valence-electron chi connectivity index (χ2n) is 8.66. The molecule has 0 saturated carbocycles. The van der Waals surface area contributed by atoms with Crippen molar-refractivity contribution in [1.82, 2.24) is 10.4 Å². The van der Waals surface area contributed by atoms with Crippen molar-refractivity contribution in [2.45, 2.75) is 24.0 Å². The minimum absolute atomic E-state index is 0.655. The van der Waals surface area contributed by atoms with Crippen LogP contribution in [0.15, 0.2) is 96.7 Å². The number of rotatable bonds is 5. The lowest BCUT2D eigenvalue weighted by Crippen LogP contribution is -2.43. The molecule has 0 aromatic heterocycles. The SMILES string of the molecule is OC1(c2ccc(Cl)cc2)CCN(CC2=CC(c3ccccc3)(c3ccccc3)ON2)CC1. The third-order valence-corrected chi connectivity index (χ3v) is 6.84. The number of nitrogens with zero attached hydrogens (tertiary/aromatic N) is 1. The van der Waals surface area contributed by atoms with Crippen molar-refractivity contribution in [3.05, 3.63) is 118 Å². The summed E-state index contributed by atoms with van der Waals surface area (Å²) < 4.78 is 0. The maximum atomic E-state index is 11.2. The number of benzene rings is 3. The Morgan fingerprint density at radius 3 is 1.94 bits per heavy atom. The molecule has 2 N–H and O–H groups in total. The Balaban J connectivity index is 1.33. The van der Waals surface area contributed by atoms with Crippen molar-refractivity contribution in [2.24, 2.45) is 0 Å². The van der Waals surface area contributed by atoms with Gasteiger partial charge in [0.25, 0.3) is 0 Å². The van der Waals surface area contributed by atoms with Crippen LogP contribution in [-0.2, 0) is 16.0 Å². The first-order valence-electron chi connectivity index (χ1n) is 11.1. The summed E-state index contributed by atoms with van der Waals surface area (Å²) in [5.74, 6) is 0. The Bertz CT molecular complexity index is 1040. The molecule has 0 amide bonds. The number of piperidine rings is 1. The van der Waals surface area contributed by atoms with Crippen LogP contribution in [-0.4, -0.2) is 29.6 Å². The first-order valence-corrected chi connectivity index (χ1v) is 11.4. The fraction of sp³-hybridized carbons (Fsp3) is 0.259. The molecule has 4 nitrogen and oxygen atoms in total. The first kappa shape index (κ1) is 21.2. The summed E-state index contributed by atoms with van der Waals surface area (Å²) >= 11 is 6.01. The molecule has 0 aliphatic carbocycles. The summed E-state index contributed by atoms with van der Waals surface area (Å²) in [6, 6.07) is 28.1. The number of nitrogens with one attached hydrogen (secondary N) is 1. The zero-order valence-electron chi connectivity index (χ0n) is 17.9. The van der Waals surface area contributed by atoms with E-state index < -0.39 is 11.2 Å². The van der Waals surface area contributed by atoms with Crippen molar-refractivity contribution in [1.29, 1.82) is 0 Å². The molecule has 5 rings (SSSR count). The monoisotopic (exact) mass is 446 g/mol. The Morgan fingerprint density at radius 1 is 0.812 bits per heavy atom. The van der Waals surface area contributed by atoms with Gasteiger partial charge in [-0.15, -0.1) is 0 Å². The molecule has 1 fully saturated rings. The van der Waals surface area contributed by atoms with Crippen molar-refractivity contribution < 1.29 is 9.94 Å². The summed E-state index contributed by atoms with van der Waals surface area (Å²) in [7, 11) is 0. The predicted octanol–water partition coefficient (Wildman–Crippen LogP) is 4.99. The number of aliphatic hydroxyl groups is 1. The molecule has 32 heavy (non-hydrogen) atoms. The second-order valence-corrected chi connectivity index (χ2v) is 9.09. The third-order valence-electron chi connectivity index (χ3n) is 6.58. The summed E-state index contributed by atoms with van der Waals surface area (Å²) in [4.78, 5) is 8.62. The molecule has 3 aromatic rings. The van der Waals surface area contributed by atoms with Gasteiger partial charge in [-0.3, -0.25) is 15.2 Å². The fourth-order valence-corrected chi connectivity index (χ4v) is 4.85. The molecular weight excluding hydrogens is 420 g/mol. The molecule has 0 unspecified atom stereocenters. The molecule has 1 saturated heterocycles. The molecule has 3 aromatic carbocycles. The average Bonchev–Trinajstić information content (AvgIpc) is 3.27. The molecule has 0 atom stereocenters. The largest absolute Gasteiger partial charge is 0.385 e. The van der Waals surface area contributed by atoms with Gasteiger partial charge < -0.3 is 5.11 Å². The zero-order valence-corrected chi connectivity index (χ0v) is 18.6. The van der Waals surface area contributed by atoms with Crippen LogP contribution in [0.4, 0.5) is 0 Å². The Labute approximate surface area is 194 Å². The molecule has 5 heteroatoms. The van der Waals surface area contributed by atoms with Gasteiger partial charge in [-0.1, -0.05) is 84.4 Å². The molecular formula is C27H27ClN2O2. The van der Waals surface area contributed by atoms with E-state index >= 15 is 0 Å². The van der Waals surface area contributed by atoms with Gasteiger partial charge in [0, 0.05) is 24.7 Å². The maximum Gasteiger partial charge on any atom is 0.166 e. The summed E-state index contributed by atoms with van der Waals surface area (Å²) in [6.07, 6.45) is 3.56. The minimum Gasteiger partial charge on any atom is -0.385 e. The Morgan fingerprint density at radius 2 is 1.38 bits per heavy atom. The highest BCUT2D eigenvalue weighted by atomic mass is 35.5. The van der Waals surface area contributed by atoms with Crippen LogP contribution in [0.2, 0.25) is 5.02 Å². The van der Waals surface area contributed by atoms with Gasteiger partial charge in [0.1, 0.15) is 0 Å². The van der Waals surface area contributed by atoms with E-state index in [1.807, 2.05) is 60.7 Å². The highest BCUT2D eigenvalue weighted by Crippen LogP contribution is 2.39. The molecule has 164 valence electrons. The van der Waals surface area contributed by atoms with Crippen molar-refractivity contribution in [3.8, 4) is 0 Å². The summed E-state index contributed by atoms with van der Waals surface area (Å²) in [5.41, 5.74) is 5.89. The van der Waals surface area contributed by atoms with Gasteiger partial charge in [0.05, 0.1) is 11.3 Å². The molecule has 0 spiro atoms. The molecule has 2 heterocycles. The first-order chi connectivity index (χ1) is 15.6. The van der Waals surface area contributed by atoms with Gasteiger partial charge >= 0.3 is 0 Å². The average molecular weight is 447 g/mol. The normalized spacial score (nSPS) is 19.9. The van der Waals surface area contributed by atoms with Crippen LogP contribution in [0.25, 0.3) is 0 Å². The van der Waals surface area contributed by atoms with E-state index in [1.165, 1.54) is 0 Å². The van der Waals surface area contributed by atoms with E-state index in [0.29, 0.717) is 17.9 Å². The van der Waals surface area contributed by atoms with Crippen LogP contribution < -0.4 is 5.48 Å². The number of halogens is 1. The van der Waals surface area contributed by atoms with E-state index in [2.05, 4.69) is 40.7 Å². The Hall–Kier alpha value is -2.63. The van der Waals surface area contributed by atoms with Crippen molar-refractivity contribution in [3.63, 3.8) is 0 Å². The second kappa shape index (κ2) is 8.72. The van der Waals surface area contributed by atoms with E-state index in [1.54, 1.807) is 0 Å². The molecule has 2 aliphatic heterocycles. The number of likely N-dealkylation sites (tertiary alicyclic amines) is 1. The van der Waals surface area contributed by atoms with Gasteiger partial charge in [-0.25, -0.2) is 0 Å². The number of hydroxylamine groups is 1. The standard InChI is InChI=1S/C27H27ClN2O2/c28-24-13-11-21(12-14-24)26(31)15-17-30(18-16-26)20-25-19-27(32-29-25,22-7-3-1-4-8-22)23-9-5-2-6-10-23/h1-14,19,29,31H,15-18,20H2. The lowest BCUT2D eigenvalue weighted by Gasteiger charge is -2.38. The number of hydrogen-bond acceptors (Lipinski definition) is 4. The molecule has 0 radical (unpaired) electrons. The lowest BCUT2D eigenvalue weighted by atomic mass is 9.84. The zero-order chi connectivity index (χ0) is 22.0. The molecule has 2 aliphatic rings. The van der Waals surface area contributed by atoms with Crippen LogP contribution in [0.3, 0.4) is 0 Å². The number of hydrogen-bond donors (Lipinski definition) is 2. The van der Waals surface area contributed by atoms with E-state index in [4.69, 9.17) is 16.4 Å². The topological polar surface area (TPSA) is 44.7 Å². The Kier molecular flexibility index (Phi) is 5.78. The smallest absolute Gasteiger partial charge is 0.166 e. The van der Waals surface area contributed by atoms with Crippen LogP contribution in [0.1, 0.15) is 29.5 Å². The van der Waals surface area contributed by atoms with E-state index in [9.17, 15) is 5.11 Å². The van der Waals surface area contributed by atoms with Crippen molar-refractivity contribution >= 4 is 11.6 Å². The maximum absolute atomic E-state index is 11.2. The van der Waals surface area contributed by atoms with Crippen LogP contribution in [0, 0.1) is 0 Å². The van der Waals surface area contributed by atoms with Crippen LogP contribution >= 0.6 is 11.6 Å². The van der Waals surface area contributed by atoms with E-state index in [-0.39, 0.29) is 0 Å². The van der Waals surface area contributed by atoms with Gasteiger partial charge in [0.2, 0.25) is 0 Å². The van der Waals surface area contributed by atoms with Gasteiger partial charge in [-0.2, -0.15) is 0 Å². The highest BCUT2D eigenvalue weighted by Gasteiger charge is 2.40. The minimum atomic E-state index is -0.799.